The van der Waals surface area contributed by atoms with Crippen LogP contribution >= 0.6 is 15.9 Å². The second-order valence-electron chi connectivity index (χ2n) is 10.6. The molecule has 2 amide bonds. The topological polar surface area (TPSA) is 93.7 Å². The number of halogens is 1. The number of pyridine rings is 2. The lowest BCUT2D eigenvalue weighted by molar-refractivity contribution is 0.152. The zero-order valence-corrected chi connectivity index (χ0v) is 29.3. The number of nitrogens with one attached hydrogen (secondary N) is 1. The van der Waals surface area contributed by atoms with E-state index in [-0.39, 0.29) is 6.09 Å². The van der Waals surface area contributed by atoms with E-state index in [9.17, 15) is 9.59 Å². The third-order valence-corrected chi connectivity index (χ3v) is 7.23. The van der Waals surface area contributed by atoms with Gasteiger partial charge in [-0.3, -0.25) is 20.2 Å². The number of nitrogens with zero attached hydrogens (tertiary/aromatic N) is 3. The van der Waals surface area contributed by atoms with Crippen LogP contribution in [-0.4, -0.2) is 47.2 Å². The molecule has 0 aliphatic carbocycles. The standard InChI is InChI=1S/C19H24N2O2.C15H16N2O2.C4H9Br/c1-2-3-14-21(18-12-7-13-20-16-18)19(22)23-15-8-11-17-9-5-4-6-10-17;18-15(17-14-9-4-10-16-12-14)19-11-5-8-13-6-2-1-3-7-13;1-2-3-4-5/h4-7,9-10,12-13,16H,2-3,8,11,14-15H2,1H3;1-4,6-7,9-10,12H,5,8,11H2,(H,17,18);2-4H2,1H3. The largest absolute Gasteiger partial charge is 0.449 e. The average Bonchev–Trinajstić information content (AvgIpc) is 3.11. The lowest BCUT2D eigenvalue weighted by atomic mass is 10.1. The van der Waals surface area contributed by atoms with Crippen molar-refractivity contribution in [2.75, 3.05) is 35.3 Å². The molecule has 47 heavy (non-hydrogen) atoms. The molecule has 0 bridgehead atoms. The summed E-state index contributed by atoms with van der Waals surface area (Å²) in [7, 11) is 0. The number of anilines is 2. The Morgan fingerprint density at radius 2 is 1.28 bits per heavy atom. The molecule has 0 saturated heterocycles. The van der Waals surface area contributed by atoms with Crippen molar-refractivity contribution in [2.24, 2.45) is 0 Å². The van der Waals surface area contributed by atoms with Crippen LogP contribution in [0.3, 0.4) is 0 Å². The summed E-state index contributed by atoms with van der Waals surface area (Å²) in [6.07, 6.45) is 13.9. The van der Waals surface area contributed by atoms with Gasteiger partial charge in [0.05, 0.1) is 37.0 Å². The van der Waals surface area contributed by atoms with Gasteiger partial charge in [0, 0.05) is 24.3 Å². The van der Waals surface area contributed by atoms with E-state index in [4.69, 9.17) is 9.47 Å². The fourth-order valence-electron chi connectivity index (χ4n) is 4.12. The number of hydrogen-bond acceptors (Lipinski definition) is 6. The summed E-state index contributed by atoms with van der Waals surface area (Å²) < 4.78 is 10.5. The second-order valence-corrected chi connectivity index (χ2v) is 11.3. The molecule has 2 aromatic carbocycles. The Morgan fingerprint density at radius 1 is 0.702 bits per heavy atom. The van der Waals surface area contributed by atoms with E-state index in [1.54, 1.807) is 41.8 Å². The minimum atomic E-state index is -0.443. The number of aromatic nitrogens is 2. The maximum Gasteiger partial charge on any atom is 0.414 e. The molecule has 0 spiro atoms. The fraction of sp³-hybridized carbons (Fsp3) is 0.368. The van der Waals surface area contributed by atoms with Crippen LogP contribution in [0.5, 0.6) is 0 Å². The van der Waals surface area contributed by atoms with E-state index in [0.717, 1.165) is 49.5 Å². The second kappa shape index (κ2) is 25.9. The minimum absolute atomic E-state index is 0.292. The smallest absolute Gasteiger partial charge is 0.414 e. The van der Waals surface area contributed by atoms with Crippen molar-refractivity contribution >= 4 is 39.5 Å². The van der Waals surface area contributed by atoms with E-state index in [0.29, 0.717) is 25.4 Å². The predicted molar refractivity (Wildman–Crippen MR) is 195 cm³/mol. The van der Waals surface area contributed by atoms with Crippen LogP contribution in [0.2, 0.25) is 0 Å². The number of aryl methyl sites for hydroxylation is 2. The summed E-state index contributed by atoms with van der Waals surface area (Å²) in [6.45, 7) is 5.77. The zero-order valence-electron chi connectivity index (χ0n) is 27.7. The molecule has 0 saturated carbocycles. The predicted octanol–water partition coefficient (Wildman–Crippen LogP) is 9.90. The highest BCUT2D eigenvalue weighted by Gasteiger charge is 2.16. The molecule has 2 heterocycles. The molecule has 0 unspecified atom stereocenters. The highest BCUT2D eigenvalue weighted by molar-refractivity contribution is 9.09. The minimum Gasteiger partial charge on any atom is -0.449 e. The summed E-state index contributed by atoms with van der Waals surface area (Å²) in [5.74, 6) is 0. The van der Waals surface area contributed by atoms with Crippen molar-refractivity contribution in [3.63, 3.8) is 0 Å². The van der Waals surface area contributed by atoms with Gasteiger partial charge in [0.2, 0.25) is 0 Å². The molecule has 0 aliphatic heterocycles. The van der Waals surface area contributed by atoms with Gasteiger partial charge >= 0.3 is 12.2 Å². The van der Waals surface area contributed by atoms with Crippen LogP contribution in [0.25, 0.3) is 0 Å². The Morgan fingerprint density at radius 3 is 1.77 bits per heavy atom. The number of alkyl halides is 1. The summed E-state index contributed by atoms with van der Waals surface area (Å²) in [6, 6.07) is 27.6. The van der Waals surface area contributed by atoms with Crippen molar-refractivity contribution < 1.29 is 19.1 Å². The van der Waals surface area contributed by atoms with E-state index < -0.39 is 6.09 Å². The maximum atomic E-state index is 12.3. The molecule has 0 aliphatic rings. The number of unbranched alkanes of at least 4 members (excludes halogenated alkanes) is 2. The Bertz CT molecular complexity index is 1330. The molecule has 0 radical (unpaired) electrons. The van der Waals surface area contributed by atoms with E-state index in [1.165, 1.54) is 24.0 Å². The van der Waals surface area contributed by atoms with Gasteiger partial charge in [-0.15, -0.1) is 0 Å². The Kier molecular flexibility index (Phi) is 21.5. The van der Waals surface area contributed by atoms with Crippen molar-refractivity contribution in [1.29, 1.82) is 0 Å². The lowest BCUT2D eigenvalue weighted by Crippen LogP contribution is -2.32. The fourth-order valence-corrected chi connectivity index (χ4v) is 4.68. The molecule has 2 aromatic heterocycles. The molecule has 1 N–H and O–H groups in total. The number of hydrogen-bond donors (Lipinski definition) is 1. The van der Waals surface area contributed by atoms with Crippen LogP contribution in [0.4, 0.5) is 21.0 Å². The first-order chi connectivity index (χ1) is 23.1. The van der Waals surface area contributed by atoms with Gasteiger partial charge in [0.15, 0.2) is 0 Å². The molecule has 9 heteroatoms. The number of amides is 2. The number of benzene rings is 2. The molecule has 0 fully saturated rings. The van der Waals surface area contributed by atoms with Gasteiger partial charge < -0.3 is 9.47 Å². The SMILES string of the molecule is CCCCBr.CCCCN(C(=O)OCCCc1ccccc1)c1cccnc1.O=C(Nc1cccnc1)OCCCc1ccccc1. The molecule has 0 atom stereocenters. The van der Waals surface area contributed by atoms with E-state index in [1.807, 2.05) is 48.5 Å². The Labute approximate surface area is 289 Å². The first kappa shape index (κ1) is 38.9. The normalized spacial score (nSPS) is 9.94. The van der Waals surface area contributed by atoms with E-state index >= 15 is 0 Å². The van der Waals surface area contributed by atoms with Gasteiger partial charge in [-0.1, -0.05) is 103 Å². The highest BCUT2D eigenvalue weighted by atomic mass is 79.9. The highest BCUT2D eigenvalue weighted by Crippen LogP contribution is 2.15. The maximum absolute atomic E-state index is 12.3. The van der Waals surface area contributed by atoms with Gasteiger partial charge in [0.1, 0.15) is 0 Å². The third-order valence-electron chi connectivity index (χ3n) is 6.67. The summed E-state index contributed by atoms with van der Waals surface area (Å²) >= 11 is 3.31. The van der Waals surface area contributed by atoms with Crippen LogP contribution in [0.15, 0.2) is 110 Å². The van der Waals surface area contributed by atoms with Crippen LogP contribution < -0.4 is 10.2 Å². The lowest BCUT2D eigenvalue weighted by Gasteiger charge is -2.21. The number of rotatable bonds is 15. The molecule has 4 aromatic rings. The number of ether oxygens (including phenoxy) is 2. The monoisotopic (exact) mass is 704 g/mol. The van der Waals surface area contributed by atoms with Crippen LogP contribution in [0, 0.1) is 0 Å². The van der Waals surface area contributed by atoms with Crippen molar-refractivity contribution in [3.05, 3.63) is 121 Å². The number of carbonyl (C=O) groups is 2. The van der Waals surface area contributed by atoms with Gasteiger partial charge in [0.25, 0.3) is 0 Å². The summed E-state index contributed by atoms with van der Waals surface area (Å²) in [5, 5.41) is 3.77. The van der Waals surface area contributed by atoms with Crippen LogP contribution in [0.1, 0.15) is 63.5 Å². The Hall–Kier alpha value is -4.24. The van der Waals surface area contributed by atoms with Crippen molar-refractivity contribution in [1.82, 2.24) is 9.97 Å². The van der Waals surface area contributed by atoms with Gasteiger partial charge in [-0.2, -0.15) is 0 Å². The third kappa shape index (κ3) is 18.5. The first-order valence-electron chi connectivity index (χ1n) is 16.4. The summed E-state index contributed by atoms with van der Waals surface area (Å²) in [4.78, 5) is 33.5. The molecular weight excluding hydrogens is 656 g/mol. The molecule has 252 valence electrons. The first-order valence-corrected chi connectivity index (χ1v) is 17.5. The molecular formula is C38H49BrN4O4. The van der Waals surface area contributed by atoms with Gasteiger partial charge in [-0.05, 0) is 73.9 Å². The van der Waals surface area contributed by atoms with Crippen molar-refractivity contribution in [3.8, 4) is 0 Å². The number of carbonyl (C=O) groups excluding carboxylic acids is 2. The van der Waals surface area contributed by atoms with Gasteiger partial charge in [-0.25, -0.2) is 9.59 Å². The average molecular weight is 706 g/mol. The van der Waals surface area contributed by atoms with E-state index in [2.05, 4.69) is 69.3 Å². The molecule has 8 nitrogen and oxygen atoms in total. The zero-order chi connectivity index (χ0) is 33.8. The van der Waals surface area contributed by atoms with Crippen LogP contribution in [-0.2, 0) is 22.3 Å². The van der Waals surface area contributed by atoms with Crippen molar-refractivity contribution in [2.45, 2.75) is 65.2 Å². The summed E-state index contributed by atoms with van der Waals surface area (Å²) in [5.41, 5.74) is 3.93. The Balaban J connectivity index is 0.000000290. The quantitative estimate of drug-likeness (QED) is 0.0978. The molecule has 4 rings (SSSR count).